The third kappa shape index (κ3) is 21.0. The van der Waals surface area contributed by atoms with Gasteiger partial charge in [-0.1, -0.05) is 54.1 Å². The zero-order valence-electron chi connectivity index (χ0n) is 54.4. The molecule has 10 aromatic carbocycles. The van der Waals surface area contributed by atoms with Gasteiger partial charge in [-0.25, -0.2) is 42.1 Å². The first-order valence-corrected chi connectivity index (χ1v) is 37.3. The maximum absolute atomic E-state index is 12.6. The molecule has 10 aromatic rings. The number of benzene rings is 10. The van der Waals surface area contributed by atoms with E-state index >= 15 is 0 Å². The highest BCUT2D eigenvalue weighted by atomic mass is 32.2. The van der Waals surface area contributed by atoms with E-state index in [1.54, 1.807) is 36.4 Å². The zero-order valence-corrected chi connectivity index (χ0v) is 58.5. The number of hydrogen-bond acceptors (Lipinski definition) is 16. The minimum Gasteiger partial charge on any atom is -0.508 e. The van der Waals surface area contributed by atoms with Crippen LogP contribution in [0.4, 0.5) is 54.8 Å². The number of rotatable bonds is 15. The van der Waals surface area contributed by atoms with Gasteiger partial charge in [-0.2, -0.15) is 30.6 Å². The highest BCUT2D eigenvalue weighted by Crippen LogP contribution is 2.34. The fourth-order valence-corrected chi connectivity index (χ4v) is 15.2. The van der Waals surface area contributed by atoms with E-state index in [9.17, 15) is 78.6 Å². The van der Waals surface area contributed by atoms with Gasteiger partial charge >= 0.3 is 12.4 Å². The molecule has 0 unspecified atom stereocenters. The molecule has 21 nitrogen and oxygen atoms in total. The van der Waals surface area contributed by atoms with Crippen molar-refractivity contribution in [3.8, 4) is 28.7 Å². The summed E-state index contributed by atoms with van der Waals surface area (Å²) in [5, 5.41) is 45.9. The minimum absolute atomic E-state index is 0.0103. The normalized spacial score (nSPS) is 12.8. The third-order valence-electron chi connectivity index (χ3n) is 15.0. The smallest absolute Gasteiger partial charge is 0.416 e. The highest BCUT2D eigenvalue weighted by Gasteiger charge is 2.33. The second-order valence-electron chi connectivity index (χ2n) is 22.0. The quantitative estimate of drug-likeness (QED) is 0.0520. The molecule has 0 amide bonds. The number of sulfonamides is 5. The summed E-state index contributed by atoms with van der Waals surface area (Å²) in [5.74, 6) is -0.0410. The van der Waals surface area contributed by atoms with E-state index in [1.807, 2.05) is 55.5 Å². The summed E-state index contributed by atoms with van der Waals surface area (Å²) in [4.78, 5) is 2.51. The van der Waals surface area contributed by atoms with Crippen molar-refractivity contribution in [2.75, 3.05) is 69.9 Å². The van der Waals surface area contributed by atoms with Crippen molar-refractivity contribution >= 4 is 78.6 Å². The topological polar surface area (TPSA) is 300 Å². The molecule has 1 fully saturated rings. The van der Waals surface area contributed by atoms with Crippen LogP contribution in [0.1, 0.15) is 16.7 Å². The van der Waals surface area contributed by atoms with Gasteiger partial charge in [0.2, 0.25) is 10.0 Å². The summed E-state index contributed by atoms with van der Waals surface area (Å²) in [7, 11) is -14.3. The fourth-order valence-electron chi connectivity index (χ4n) is 9.16. The molecule has 540 valence electrons. The Morgan fingerprint density at radius 3 is 0.961 bits per heavy atom. The molecule has 0 radical (unpaired) electrons. The Hall–Kier alpha value is -10.5. The average Bonchev–Trinajstić information content (AvgIpc) is 0.778. The summed E-state index contributed by atoms with van der Waals surface area (Å²) in [6, 6.07) is 59.7. The van der Waals surface area contributed by atoms with Crippen molar-refractivity contribution in [1.29, 1.82) is 0 Å². The summed E-state index contributed by atoms with van der Waals surface area (Å²) < 4.78 is 205. The van der Waals surface area contributed by atoms with E-state index < -0.39 is 73.6 Å². The van der Waals surface area contributed by atoms with Gasteiger partial charge in [0.25, 0.3) is 40.1 Å². The monoisotopic (exact) mass is 1510 g/mol. The maximum Gasteiger partial charge on any atom is 0.416 e. The molecule has 6 N–H and O–H groups in total. The van der Waals surface area contributed by atoms with Gasteiger partial charge in [0.15, 0.2) is 0 Å². The second kappa shape index (κ2) is 33.3. The second-order valence-corrected chi connectivity index (χ2v) is 31.5. The number of alkyl halides is 6. The fraction of sp³-hybridized carbons (Fsp3) is 0.143. The van der Waals surface area contributed by atoms with Crippen LogP contribution in [0.25, 0.3) is 0 Å². The van der Waals surface area contributed by atoms with Crippen molar-refractivity contribution in [2.45, 2.75) is 43.8 Å². The van der Waals surface area contributed by atoms with Crippen LogP contribution in [0.3, 0.4) is 0 Å². The number of piperazine rings is 1. The molecule has 102 heavy (non-hydrogen) atoms. The summed E-state index contributed by atoms with van der Waals surface area (Å²) in [6.07, 6.45) is -8.96. The number of para-hydroxylation sites is 2. The van der Waals surface area contributed by atoms with Crippen molar-refractivity contribution in [1.82, 2.24) is 4.31 Å². The van der Waals surface area contributed by atoms with Gasteiger partial charge < -0.3 is 30.4 Å². The number of anilines is 5. The highest BCUT2D eigenvalue weighted by molar-refractivity contribution is 7.93. The van der Waals surface area contributed by atoms with Gasteiger partial charge in [0, 0.05) is 58.7 Å². The summed E-state index contributed by atoms with van der Waals surface area (Å²) in [6.45, 7) is 4.19. The summed E-state index contributed by atoms with van der Waals surface area (Å²) >= 11 is 0. The maximum atomic E-state index is 12.6. The van der Waals surface area contributed by atoms with Crippen LogP contribution in [0.5, 0.6) is 28.7 Å². The number of nitrogens with zero attached hydrogens (tertiary/aromatic N) is 5. The van der Waals surface area contributed by atoms with Crippen LogP contribution in [0.2, 0.25) is 0 Å². The lowest BCUT2D eigenvalue weighted by Gasteiger charge is -2.35. The number of phenolic OH excluding ortho intramolecular Hbond substituents is 5. The number of hydrogen-bond donors (Lipinski definition) is 6. The lowest BCUT2D eigenvalue weighted by Crippen LogP contribution is -2.48. The van der Waals surface area contributed by atoms with Crippen molar-refractivity contribution in [3.05, 3.63) is 271 Å². The van der Waals surface area contributed by atoms with E-state index in [2.05, 4.69) is 9.62 Å². The van der Waals surface area contributed by atoms with E-state index in [0.29, 0.717) is 37.6 Å². The Balaban J connectivity index is 0.000000179. The molecule has 1 aliphatic heterocycles. The molecule has 0 aromatic heterocycles. The Morgan fingerprint density at radius 2 is 0.627 bits per heavy atom. The van der Waals surface area contributed by atoms with Crippen LogP contribution in [-0.2, 0) is 62.5 Å². The zero-order chi connectivity index (χ0) is 75.0. The van der Waals surface area contributed by atoms with Crippen LogP contribution in [-0.4, -0.2) is 119 Å². The SMILES string of the molecule is CN(c1ccc(C(F)(F)F)cc1)S(=O)(=O)c1ccc(O)cc1.CN(c1ccccc1)S(=O)(=O)c1ccc(O)cc1.Cc1ccc(N(C)S(=O)(=O)c2ccc(O)cc2)cc1.O=S(=O)(Nc1ccc(C(F)(F)F)cc1)c1ccc(O)cc1.O=S(=O)(c1ccc(O)cc1)N1CCN(c2ccccc2)CC1. The number of aryl methyl sites for hydroxylation is 1. The first-order valence-electron chi connectivity index (χ1n) is 30.0. The lowest BCUT2D eigenvalue weighted by molar-refractivity contribution is -0.138. The van der Waals surface area contributed by atoms with Crippen LogP contribution in [0, 0.1) is 6.92 Å². The average molecular weight is 1510 g/mol. The van der Waals surface area contributed by atoms with Gasteiger partial charge in [-0.3, -0.25) is 17.6 Å². The predicted molar refractivity (Wildman–Crippen MR) is 376 cm³/mol. The molecule has 0 bridgehead atoms. The Morgan fingerprint density at radius 1 is 0.343 bits per heavy atom. The number of aromatic hydroxyl groups is 5. The number of halogens is 6. The van der Waals surface area contributed by atoms with E-state index in [4.69, 9.17) is 15.3 Å². The first kappa shape index (κ1) is 78.8. The molecule has 1 saturated heterocycles. The van der Waals surface area contributed by atoms with Gasteiger partial charge in [-0.05, 0) is 213 Å². The Bertz CT molecular complexity index is 4970. The van der Waals surface area contributed by atoms with Crippen LogP contribution >= 0.6 is 0 Å². The van der Waals surface area contributed by atoms with Crippen molar-refractivity contribution in [2.24, 2.45) is 0 Å². The van der Waals surface area contributed by atoms with Gasteiger partial charge in [0.05, 0.1) is 52.7 Å². The Labute approximate surface area is 587 Å². The minimum atomic E-state index is -4.48. The number of phenols is 5. The molecule has 0 spiro atoms. The largest absolute Gasteiger partial charge is 0.508 e. The van der Waals surface area contributed by atoms with E-state index in [0.717, 1.165) is 64.1 Å². The van der Waals surface area contributed by atoms with Gasteiger partial charge in [-0.15, -0.1) is 0 Å². The molecular weight excluding hydrogens is 1440 g/mol. The standard InChI is InChI=1S/C16H18N2O3S.C14H12F3NO3S.C14H15NO3S.C13H10F3NO3S.C13H13NO3S/c19-15-6-8-16(9-7-15)22(20,21)18-12-10-17(11-13-18)14-4-2-1-3-5-14;1-18(11-4-2-10(3-5-11)14(15,16)17)22(20,21)13-8-6-12(19)7-9-13;1-11-3-5-12(6-4-11)15(2)19(17,18)14-9-7-13(16)8-10-14;14-13(15,16)9-1-3-10(4-2-9)17-21(19,20)12-7-5-11(18)6-8-12;1-14(11-5-3-2-4-6-11)18(16,17)13-9-7-12(15)8-10-13/h1-9,19H,10-13H2;2-9,19H,1H3;3-10,16H,1-2H3;1-8,17-18H;2-10,15H,1H3. The molecule has 1 heterocycles. The van der Waals surface area contributed by atoms with Crippen molar-refractivity contribution in [3.63, 3.8) is 0 Å². The molecule has 11 rings (SSSR count). The van der Waals surface area contributed by atoms with Crippen molar-refractivity contribution < 1.29 is 94.0 Å². The first-order chi connectivity index (χ1) is 47.8. The molecule has 1 aliphatic rings. The van der Waals surface area contributed by atoms with E-state index in [-0.39, 0.29) is 64.6 Å². The summed E-state index contributed by atoms with van der Waals surface area (Å²) in [5.41, 5.74) is 1.76. The molecule has 32 heteroatoms. The van der Waals surface area contributed by atoms with Crippen LogP contribution < -0.4 is 22.5 Å². The third-order valence-corrected chi connectivity index (χ3v) is 23.7. The van der Waals surface area contributed by atoms with E-state index in [1.165, 1.54) is 155 Å². The Kier molecular flexibility index (Phi) is 25.7. The molecule has 0 atom stereocenters. The van der Waals surface area contributed by atoms with Crippen LogP contribution in [0.15, 0.2) is 279 Å². The predicted octanol–water partition coefficient (Wildman–Crippen LogP) is 13.1. The lowest BCUT2D eigenvalue weighted by atomic mass is 10.2. The molecular formula is C70H68F6N6O15S5. The number of nitrogens with one attached hydrogen (secondary N) is 1. The molecule has 0 aliphatic carbocycles. The molecule has 0 saturated carbocycles. The van der Waals surface area contributed by atoms with Gasteiger partial charge in [0.1, 0.15) is 28.7 Å².